The molecule has 3 aromatic rings. The maximum absolute atomic E-state index is 12.4. The second kappa shape index (κ2) is 8.87. The molecule has 2 N–H and O–H groups in total. The van der Waals surface area contributed by atoms with Crippen molar-refractivity contribution in [3.8, 4) is 6.07 Å². The standard InChI is InChI=1S/C20H19N5OS2/c1-12-5-4-6-17(13(12)2)23-19-24-25-20(28-19)27-14(3)18(26)22-16-9-7-15(11-21)8-10-16/h4-10,14H,1-3H3,(H,22,26)(H,23,24)/t14-/m0/s1. The van der Waals surface area contributed by atoms with Crippen LogP contribution in [0.3, 0.4) is 0 Å². The molecule has 1 aromatic heterocycles. The van der Waals surface area contributed by atoms with Crippen LogP contribution in [0.5, 0.6) is 0 Å². The van der Waals surface area contributed by atoms with Crippen LogP contribution in [0.1, 0.15) is 23.6 Å². The molecule has 0 aliphatic rings. The van der Waals surface area contributed by atoms with Gasteiger partial charge in [0, 0.05) is 11.4 Å². The summed E-state index contributed by atoms with van der Waals surface area (Å²) < 4.78 is 0.718. The third kappa shape index (κ3) is 4.88. The van der Waals surface area contributed by atoms with E-state index in [1.165, 1.54) is 34.2 Å². The third-order valence-corrected chi connectivity index (χ3v) is 6.20. The summed E-state index contributed by atoms with van der Waals surface area (Å²) >= 11 is 2.77. The fourth-order valence-electron chi connectivity index (χ4n) is 2.39. The third-order valence-electron chi connectivity index (χ3n) is 4.18. The SMILES string of the molecule is Cc1cccc(Nc2nnc(S[C@@H](C)C(=O)Nc3ccc(C#N)cc3)s2)c1C. The van der Waals surface area contributed by atoms with Gasteiger partial charge in [-0.05, 0) is 62.2 Å². The van der Waals surface area contributed by atoms with Crippen molar-refractivity contribution in [1.82, 2.24) is 10.2 Å². The summed E-state index contributed by atoms with van der Waals surface area (Å²) in [5, 5.41) is 23.7. The topological polar surface area (TPSA) is 90.7 Å². The molecular formula is C20H19N5OS2. The van der Waals surface area contributed by atoms with Gasteiger partial charge in [-0.2, -0.15) is 5.26 Å². The number of benzene rings is 2. The van der Waals surface area contributed by atoms with Gasteiger partial charge in [-0.3, -0.25) is 4.79 Å². The van der Waals surface area contributed by atoms with Crippen molar-refractivity contribution in [2.24, 2.45) is 0 Å². The summed E-state index contributed by atoms with van der Waals surface area (Å²) in [5.74, 6) is -0.131. The molecule has 6 nitrogen and oxygen atoms in total. The number of hydrogen-bond acceptors (Lipinski definition) is 7. The second-order valence-corrected chi connectivity index (χ2v) is 8.75. The maximum Gasteiger partial charge on any atom is 0.237 e. The van der Waals surface area contributed by atoms with E-state index >= 15 is 0 Å². The van der Waals surface area contributed by atoms with E-state index in [4.69, 9.17) is 5.26 Å². The predicted octanol–water partition coefficient (Wildman–Crippen LogP) is 4.89. The minimum absolute atomic E-state index is 0.131. The number of amides is 1. The van der Waals surface area contributed by atoms with Crippen LogP contribution in [0.2, 0.25) is 0 Å². The summed E-state index contributed by atoms with van der Waals surface area (Å²) in [4.78, 5) is 12.4. The van der Waals surface area contributed by atoms with Crippen LogP contribution < -0.4 is 10.6 Å². The number of thioether (sulfide) groups is 1. The van der Waals surface area contributed by atoms with E-state index in [9.17, 15) is 4.79 Å². The zero-order valence-electron chi connectivity index (χ0n) is 15.7. The lowest BCUT2D eigenvalue weighted by Crippen LogP contribution is -2.22. The average molecular weight is 410 g/mol. The van der Waals surface area contributed by atoms with Crippen LogP contribution >= 0.6 is 23.1 Å². The Labute approximate surface area is 172 Å². The van der Waals surface area contributed by atoms with Crippen molar-refractivity contribution < 1.29 is 4.79 Å². The second-order valence-electron chi connectivity index (χ2n) is 6.18. The van der Waals surface area contributed by atoms with Crippen LogP contribution in [-0.4, -0.2) is 21.4 Å². The molecule has 0 bridgehead atoms. The van der Waals surface area contributed by atoms with E-state index in [1.807, 2.05) is 19.1 Å². The number of hydrogen-bond donors (Lipinski definition) is 2. The highest BCUT2D eigenvalue weighted by Gasteiger charge is 2.17. The van der Waals surface area contributed by atoms with Crippen LogP contribution in [-0.2, 0) is 4.79 Å². The fraction of sp³-hybridized carbons (Fsp3) is 0.200. The Balaban J connectivity index is 1.59. The number of anilines is 3. The van der Waals surface area contributed by atoms with E-state index in [0.717, 1.165) is 10.0 Å². The molecule has 0 saturated carbocycles. The Morgan fingerprint density at radius 3 is 2.64 bits per heavy atom. The lowest BCUT2D eigenvalue weighted by atomic mass is 10.1. The summed E-state index contributed by atoms with van der Waals surface area (Å²) in [7, 11) is 0. The molecule has 0 spiro atoms. The Hall–Kier alpha value is -2.89. The molecule has 0 unspecified atom stereocenters. The molecule has 0 saturated heterocycles. The number of carbonyl (C=O) groups excluding carboxylic acids is 1. The van der Waals surface area contributed by atoms with Gasteiger partial charge in [0.25, 0.3) is 0 Å². The lowest BCUT2D eigenvalue weighted by Gasteiger charge is -2.10. The van der Waals surface area contributed by atoms with Crippen molar-refractivity contribution in [3.05, 3.63) is 59.2 Å². The summed E-state index contributed by atoms with van der Waals surface area (Å²) in [5.41, 5.74) is 4.59. The summed E-state index contributed by atoms with van der Waals surface area (Å²) in [6, 6.07) is 14.9. The Morgan fingerprint density at radius 1 is 1.18 bits per heavy atom. The Kier molecular flexibility index (Phi) is 6.29. The predicted molar refractivity (Wildman–Crippen MR) is 114 cm³/mol. The molecule has 28 heavy (non-hydrogen) atoms. The molecule has 1 amide bonds. The fourth-order valence-corrected chi connectivity index (χ4v) is 4.29. The van der Waals surface area contributed by atoms with E-state index in [1.54, 1.807) is 24.3 Å². The number of carbonyl (C=O) groups is 1. The van der Waals surface area contributed by atoms with Crippen molar-refractivity contribution in [1.29, 1.82) is 5.26 Å². The number of nitrogens with zero attached hydrogens (tertiary/aromatic N) is 3. The van der Waals surface area contributed by atoms with Gasteiger partial charge < -0.3 is 10.6 Å². The van der Waals surface area contributed by atoms with Gasteiger partial charge in [0.2, 0.25) is 11.0 Å². The zero-order valence-corrected chi connectivity index (χ0v) is 17.3. The number of aryl methyl sites for hydroxylation is 1. The highest BCUT2D eigenvalue weighted by Crippen LogP contribution is 2.32. The molecule has 8 heteroatoms. The van der Waals surface area contributed by atoms with Gasteiger partial charge in [-0.15, -0.1) is 10.2 Å². The quantitative estimate of drug-likeness (QED) is 0.563. The lowest BCUT2D eigenvalue weighted by molar-refractivity contribution is -0.115. The van der Waals surface area contributed by atoms with Gasteiger partial charge in [-0.25, -0.2) is 0 Å². The van der Waals surface area contributed by atoms with Crippen LogP contribution in [0.25, 0.3) is 0 Å². The van der Waals surface area contributed by atoms with E-state index in [-0.39, 0.29) is 11.2 Å². The largest absolute Gasteiger partial charge is 0.330 e. The minimum atomic E-state index is -0.336. The van der Waals surface area contributed by atoms with Crippen molar-refractivity contribution >= 4 is 45.5 Å². The molecule has 1 atom stereocenters. The maximum atomic E-state index is 12.4. The number of nitriles is 1. The molecule has 3 rings (SSSR count). The van der Waals surface area contributed by atoms with E-state index < -0.39 is 0 Å². The summed E-state index contributed by atoms with van der Waals surface area (Å²) in [6.45, 7) is 5.95. The van der Waals surface area contributed by atoms with Gasteiger partial charge in [0.05, 0.1) is 16.9 Å². The molecule has 0 aliphatic heterocycles. The molecule has 0 fully saturated rings. The molecular weight excluding hydrogens is 390 g/mol. The van der Waals surface area contributed by atoms with Crippen molar-refractivity contribution in [3.63, 3.8) is 0 Å². The molecule has 1 heterocycles. The minimum Gasteiger partial charge on any atom is -0.330 e. The zero-order chi connectivity index (χ0) is 20.1. The van der Waals surface area contributed by atoms with Gasteiger partial charge in [0.15, 0.2) is 4.34 Å². The van der Waals surface area contributed by atoms with E-state index in [0.29, 0.717) is 16.4 Å². The first-order valence-corrected chi connectivity index (χ1v) is 10.3. The van der Waals surface area contributed by atoms with Crippen LogP contribution in [0.15, 0.2) is 46.8 Å². The Morgan fingerprint density at radius 2 is 1.93 bits per heavy atom. The van der Waals surface area contributed by atoms with E-state index in [2.05, 4.69) is 46.8 Å². The molecule has 142 valence electrons. The summed E-state index contributed by atoms with van der Waals surface area (Å²) in [6.07, 6.45) is 0. The number of aromatic nitrogens is 2. The van der Waals surface area contributed by atoms with Gasteiger partial charge in [0.1, 0.15) is 0 Å². The average Bonchev–Trinajstić information content (AvgIpc) is 3.13. The highest BCUT2D eigenvalue weighted by molar-refractivity contribution is 8.02. The first kappa shape index (κ1) is 19.9. The smallest absolute Gasteiger partial charge is 0.237 e. The molecule has 2 aromatic carbocycles. The van der Waals surface area contributed by atoms with Crippen molar-refractivity contribution in [2.45, 2.75) is 30.4 Å². The van der Waals surface area contributed by atoms with Gasteiger partial charge in [-0.1, -0.05) is 35.2 Å². The first-order valence-electron chi connectivity index (χ1n) is 8.60. The number of rotatable bonds is 6. The Bertz CT molecular complexity index is 1020. The van der Waals surface area contributed by atoms with Crippen molar-refractivity contribution in [2.75, 3.05) is 10.6 Å². The highest BCUT2D eigenvalue weighted by atomic mass is 32.2. The van der Waals surface area contributed by atoms with Crippen LogP contribution in [0.4, 0.5) is 16.5 Å². The molecule has 0 radical (unpaired) electrons. The van der Waals surface area contributed by atoms with Crippen LogP contribution in [0, 0.1) is 25.2 Å². The number of nitrogens with one attached hydrogen (secondary N) is 2. The van der Waals surface area contributed by atoms with Gasteiger partial charge >= 0.3 is 0 Å². The molecule has 0 aliphatic carbocycles. The normalized spacial score (nSPS) is 11.5. The first-order chi connectivity index (χ1) is 13.5. The monoisotopic (exact) mass is 409 g/mol.